The second-order valence-electron chi connectivity index (χ2n) is 5.10. The monoisotopic (exact) mass is 327 g/mol. The molecule has 0 amide bonds. The summed E-state index contributed by atoms with van der Waals surface area (Å²) in [5, 5.41) is 4.34. The lowest BCUT2D eigenvalue weighted by Crippen LogP contribution is -2.01. The highest BCUT2D eigenvalue weighted by atomic mass is 35.5. The Hall–Kier alpha value is -2.59. The van der Waals surface area contributed by atoms with E-state index in [1.165, 1.54) is 0 Å². The van der Waals surface area contributed by atoms with Crippen LogP contribution >= 0.6 is 11.6 Å². The third kappa shape index (κ3) is 3.79. The molecule has 4 nitrogen and oxygen atoms in total. The first kappa shape index (κ1) is 15.3. The lowest BCUT2D eigenvalue weighted by atomic mass is 10.1. The Morgan fingerprint density at radius 3 is 2.78 bits per heavy atom. The predicted octanol–water partition coefficient (Wildman–Crippen LogP) is 4.24. The second-order valence-corrected chi connectivity index (χ2v) is 5.54. The van der Waals surface area contributed by atoms with Gasteiger partial charge in [-0.3, -0.25) is 0 Å². The van der Waals surface area contributed by atoms with Crippen LogP contribution in [0.25, 0.3) is 6.08 Å². The maximum Gasteiger partial charge on any atom is 0.367 e. The maximum absolute atomic E-state index is 11.6. The molecule has 2 aromatic rings. The molecule has 116 valence electrons. The number of nitrogens with zero attached hydrogens (tertiary/aromatic N) is 1. The van der Waals surface area contributed by atoms with Gasteiger partial charge in [0.15, 0.2) is 0 Å². The van der Waals surface area contributed by atoms with Gasteiger partial charge in [0.05, 0.1) is 11.3 Å². The molecule has 0 aromatic heterocycles. The molecule has 0 unspecified atom stereocenters. The Morgan fingerprint density at radius 2 is 2.04 bits per heavy atom. The van der Waals surface area contributed by atoms with Crippen LogP contribution in [0.3, 0.4) is 0 Å². The van der Waals surface area contributed by atoms with Crippen molar-refractivity contribution in [2.24, 2.45) is 5.16 Å². The average Bonchev–Trinajstić information content (AvgIpc) is 2.85. The highest BCUT2D eigenvalue weighted by Crippen LogP contribution is 2.20. The lowest BCUT2D eigenvalue weighted by Gasteiger charge is -2.07. The molecule has 5 heteroatoms. The molecule has 0 bridgehead atoms. The zero-order chi connectivity index (χ0) is 16.2. The first-order valence-corrected chi connectivity index (χ1v) is 7.45. The molecule has 0 N–H and O–H groups in total. The molecule has 3 rings (SSSR count). The fourth-order valence-corrected chi connectivity index (χ4v) is 2.39. The van der Waals surface area contributed by atoms with Gasteiger partial charge < -0.3 is 9.57 Å². The molecular formula is C18H14ClNO3. The molecule has 23 heavy (non-hydrogen) atoms. The van der Waals surface area contributed by atoms with Gasteiger partial charge in [-0.25, -0.2) is 4.79 Å². The zero-order valence-electron chi connectivity index (χ0n) is 12.5. The average molecular weight is 328 g/mol. The molecular weight excluding hydrogens is 314 g/mol. The molecule has 1 heterocycles. The summed E-state index contributed by atoms with van der Waals surface area (Å²) in [6.07, 6.45) is 1.74. The van der Waals surface area contributed by atoms with Gasteiger partial charge in [0.25, 0.3) is 0 Å². The van der Waals surface area contributed by atoms with Gasteiger partial charge in [-0.2, -0.15) is 0 Å². The SMILES string of the molecule is CC1=NOC(=O)/C1=C/c1cccc(OCc2cccc(Cl)c2)c1. The summed E-state index contributed by atoms with van der Waals surface area (Å²) in [6.45, 7) is 2.15. The number of ether oxygens (including phenoxy) is 1. The minimum Gasteiger partial charge on any atom is -0.489 e. The second kappa shape index (κ2) is 6.67. The summed E-state index contributed by atoms with van der Waals surface area (Å²) in [5.41, 5.74) is 2.86. The smallest absolute Gasteiger partial charge is 0.367 e. The summed E-state index contributed by atoms with van der Waals surface area (Å²) in [5.74, 6) is 0.271. The Bertz CT molecular complexity index is 811. The molecule has 0 saturated carbocycles. The van der Waals surface area contributed by atoms with Crippen LogP contribution in [0.1, 0.15) is 18.1 Å². The van der Waals surface area contributed by atoms with Crippen molar-refractivity contribution in [3.05, 3.63) is 70.3 Å². The normalized spacial score (nSPS) is 15.5. The van der Waals surface area contributed by atoms with Crippen LogP contribution in [-0.4, -0.2) is 11.7 Å². The van der Waals surface area contributed by atoms with Crippen molar-refractivity contribution in [3.63, 3.8) is 0 Å². The first-order valence-electron chi connectivity index (χ1n) is 7.07. The molecule has 0 spiro atoms. The van der Waals surface area contributed by atoms with Crippen LogP contribution in [0.4, 0.5) is 0 Å². The molecule has 0 fully saturated rings. The van der Waals surface area contributed by atoms with Crippen LogP contribution in [0.15, 0.2) is 59.3 Å². The largest absolute Gasteiger partial charge is 0.489 e. The summed E-state index contributed by atoms with van der Waals surface area (Å²) >= 11 is 5.96. The Labute approximate surface area is 139 Å². The van der Waals surface area contributed by atoms with Gasteiger partial charge in [-0.1, -0.05) is 41.0 Å². The maximum atomic E-state index is 11.6. The van der Waals surface area contributed by atoms with Crippen LogP contribution in [0.2, 0.25) is 5.02 Å². The number of benzene rings is 2. The van der Waals surface area contributed by atoms with E-state index in [4.69, 9.17) is 16.3 Å². The van der Waals surface area contributed by atoms with E-state index >= 15 is 0 Å². The van der Waals surface area contributed by atoms with E-state index < -0.39 is 5.97 Å². The molecule has 0 atom stereocenters. The Morgan fingerprint density at radius 1 is 1.22 bits per heavy atom. The van der Waals surface area contributed by atoms with E-state index in [0.29, 0.717) is 28.7 Å². The van der Waals surface area contributed by atoms with Crippen molar-refractivity contribution in [2.45, 2.75) is 13.5 Å². The van der Waals surface area contributed by atoms with Crippen molar-refractivity contribution >= 4 is 29.4 Å². The van der Waals surface area contributed by atoms with E-state index in [-0.39, 0.29) is 0 Å². The number of carbonyl (C=O) groups excluding carboxylic acids is 1. The first-order chi connectivity index (χ1) is 11.1. The summed E-state index contributed by atoms with van der Waals surface area (Å²) in [6, 6.07) is 15.0. The molecule has 2 aromatic carbocycles. The van der Waals surface area contributed by atoms with Gasteiger partial charge in [-0.15, -0.1) is 0 Å². The van der Waals surface area contributed by atoms with E-state index in [2.05, 4.69) is 9.99 Å². The summed E-state index contributed by atoms with van der Waals surface area (Å²) < 4.78 is 5.77. The fraction of sp³-hybridized carbons (Fsp3) is 0.111. The van der Waals surface area contributed by atoms with E-state index in [0.717, 1.165) is 11.1 Å². The third-order valence-electron chi connectivity index (χ3n) is 3.34. The zero-order valence-corrected chi connectivity index (χ0v) is 13.2. The highest BCUT2D eigenvalue weighted by Gasteiger charge is 2.21. The van der Waals surface area contributed by atoms with Gasteiger partial charge in [0, 0.05) is 5.02 Å². The van der Waals surface area contributed by atoms with Crippen LogP contribution in [0, 0.1) is 0 Å². The van der Waals surface area contributed by atoms with Crippen molar-refractivity contribution in [1.29, 1.82) is 0 Å². The van der Waals surface area contributed by atoms with Crippen LogP contribution in [0.5, 0.6) is 5.75 Å². The number of hydrogen-bond donors (Lipinski definition) is 0. The molecule has 1 aliphatic rings. The molecule has 1 aliphatic heterocycles. The standard InChI is InChI=1S/C18H14ClNO3/c1-12-17(18(21)23-20-12)10-13-4-3-7-16(9-13)22-11-14-5-2-6-15(19)8-14/h2-10H,11H2,1H3/b17-10+. The van der Waals surface area contributed by atoms with Crippen molar-refractivity contribution in [3.8, 4) is 5.75 Å². The quantitative estimate of drug-likeness (QED) is 0.623. The third-order valence-corrected chi connectivity index (χ3v) is 3.57. The van der Waals surface area contributed by atoms with E-state index in [1.807, 2.05) is 48.5 Å². The number of carbonyl (C=O) groups is 1. The molecule has 0 aliphatic carbocycles. The summed E-state index contributed by atoms with van der Waals surface area (Å²) in [4.78, 5) is 16.2. The van der Waals surface area contributed by atoms with Gasteiger partial charge >= 0.3 is 5.97 Å². The van der Waals surface area contributed by atoms with Crippen molar-refractivity contribution in [1.82, 2.24) is 0 Å². The lowest BCUT2D eigenvalue weighted by molar-refractivity contribution is -0.136. The van der Waals surface area contributed by atoms with E-state index in [9.17, 15) is 4.79 Å². The van der Waals surface area contributed by atoms with Gasteiger partial charge in [-0.05, 0) is 48.4 Å². The Kier molecular flexibility index (Phi) is 4.44. The van der Waals surface area contributed by atoms with Crippen molar-refractivity contribution < 1.29 is 14.4 Å². The highest BCUT2D eigenvalue weighted by molar-refractivity contribution is 6.30. The topological polar surface area (TPSA) is 47.9 Å². The predicted molar refractivity (Wildman–Crippen MR) is 89.4 cm³/mol. The minimum absolute atomic E-state index is 0.420. The van der Waals surface area contributed by atoms with E-state index in [1.54, 1.807) is 13.0 Å². The number of hydrogen-bond acceptors (Lipinski definition) is 4. The number of halogens is 1. The number of rotatable bonds is 4. The molecule has 0 saturated heterocycles. The fourth-order valence-electron chi connectivity index (χ4n) is 2.17. The van der Waals surface area contributed by atoms with Crippen LogP contribution in [-0.2, 0) is 16.2 Å². The van der Waals surface area contributed by atoms with Gasteiger partial charge in [0.1, 0.15) is 12.4 Å². The van der Waals surface area contributed by atoms with Gasteiger partial charge in [0.2, 0.25) is 0 Å². The van der Waals surface area contributed by atoms with Crippen LogP contribution < -0.4 is 4.74 Å². The van der Waals surface area contributed by atoms with Crippen molar-refractivity contribution in [2.75, 3.05) is 0 Å². The minimum atomic E-state index is -0.437. The summed E-state index contributed by atoms with van der Waals surface area (Å²) in [7, 11) is 0. The Balaban J connectivity index is 1.74. The number of oxime groups is 1. The molecule has 0 radical (unpaired) electrons.